The monoisotopic (exact) mass is 221 g/mol. The number of nitrogens with zero attached hydrogens (tertiary/aromatic N) is 2. The molecule has 1 aliphatic carbocycles. The molecule has 0 atom stereocenters. The average Bonchev–Trinajstić information content (AvgIpc) is 3.07. The molecule has 2 aliphatic rings. The van der Waals surface area contributed by atoms with Crippen LogP contribution in [-0.2, 0) is 23.3 Å². The molecule has 2 N–H and O–H groups in total. The highest BCUT2D eigenvalue weighted by Crippen LogP contribution is 2.42. The van der Waals surface area contributed by atoms with Crippen molar-refractivity contribution in [1.82, 2.24) is 9.97 Å². The standard InChI is InChI=1S/C11H15N3O2/c1-15-9-7-6-16-5-2-8(7)13-10(14-9)11(12)3-4-11/h2-6,12H2,1H3. The van der Waals surface area contributed by atoms with Gasteiger partial charge in [0.1, 0.15) is 0 Å². The molecule has 0 bridgehead atoms. The SMILES string of the molecule is COc1nc(C2(N)CC2)nc2c1COCC2. The summed E-state index contributed by atoms with van der Waals surface area (Å²) in [6, 6.07) is 0. The van der Waals surface area contributed by atoms with Gasteiger partial charge in [-0.3, -0.25) is 0 Å². The van der Waals surface area contributed by atoms with Crippen LogP contribution in [0.2, 0.25) is 0 Å². The number of ether oxygens (including phenoxy) is 2. The third-order valence-electron chi connectivity index (χ3n) is 3.21. The van der Waals surface area contributed by atoms with Crippen LogP contribution < -0.4 is 10.5 Å². The molecule has 5 heteroatoms. The largest absolute Gasteiger partial charge is 0.481 e. The lowest BCUT2D eigenvalue weighted by Crippen LogP contribution is -2.25. The Kier molecular flexibility index (Phi) is 2.12. The third kappa shape index (κ3) is 1.47. The van der Waals surface area contributed by atoms with Crippen LogP contribution in [0.25, 0.3) is 0 Å². The lowest BCUT2D eigenvalue weighted by atomic mass is 10.1. The molecule has 0 saturated heterocycles. The molecule has 0 aromatic carbocycles. The number of hydrogen-bond acceptors (Lipinski definition) is 5. The minimum Gasteiger partial charge on any atom is -0.481 e. The molecule has 0 amide bonds. The molecule has 1 aromatic heterocycles. The number of aromatic nitrogens is 2. The maximum absolute atomic E-state index is 6.11. The number of methoxy groups -OCH3 is 1. The number of nitrogens with two attached hydrogens (primary N) is 1. The Labute approximate surface area is 94.0 Å². The Morgan fingerprint density at radius 3 is 2.88 bits per heavy atom. The van der Waals surface area contributed by atoms with Crippen LogP contribution >= 0.6 is 0 Å². The van der Waals surface area contributed by atoms with Crippen molar-refractivity contribution >= 4 is 0 Å². The lowest BCUT2D eigenvalue weighted by Gasteiger charge is -2.20. The first kappa shape index (κ1) is 9.99. The molecular formula is C11H15N3O2. The smallest absolute Gasteiger partial charge is 0.222 e. The summed E-state index contributed by atoms with van der Waals surface area (Å²) in [5.41, 5.74) is 7.81. The van der Waals surface area contributed by atoms with Crippen molar-refractivity contribution in [3.8, 4) is 5.88 Å². The first-order valence-corrected chi connectivity index (χ1v) is 5.54. The Bertz CT molecular complexity index is 412. The molecule has 0 spiro atoms. The molecule has 0 unspecified atom stereocenters. The van der Waals surface area contributed by atoms with Crippen LogP contribution in [0, 0.1) is 0 Å². The molecule has 1 fully saturated rings. The van der Waals surface area contributed by atoms with E-state index in [-0.39, 0.29) is 5.54 Å². The third-order valence-corrected chi connectivity index (χ3v) is 3.21. The number of fused-ring (bicyclic) bond motifs is 1. The van der Waals surface area contributed by atoms with Gasteiger partial charge in [0.15, 0.2) is 5.82 Å². The fourth-order valence-corrected chi connectivity index (χ4v) is 1.95. The van der Waals surface area contributed by atoms with E-state index in [4.69, 9.17) is 15.2 Å². The molecule has 1 aliphatic heterocycles. The highest BCUT2D eigenvalue weighted by atomic mass is 16.5. The van der Waals surface area contributed by atoms with Crippen molar-refractivity contribution in [1.29, 1.82) is 0 Å². The van der Waals surface area contributed by atoms with Gasteiger partial charge in [-0.2, -0.15) is 4.98 Å². The molecule has 1 saturated carbocycles. The highest BCUT2D eigenvalue weighted by molar-refractivity contribution is 5.34. The molecule has 86 valence electrons. The van der Waals surface area contributed by atoms with Crippen LogP contribution in [0.5, 0.6) is 5.88 Å². The summed E-state index contributed by atoms with van der Waals surface area (Å²) < 4.78 is 10.7. The van der Waals surface area contributed by atoms with Gasteiger partial charge in [-0.1, -0.05) is 0 Å². The zero-order valence-corrected chi connectivity index (χ0v) is 9.32. The fourth-order valence-electron chi connectivity index (χ4n) is 1.95. The maximum atomic E-state index is 6.11. The highest BCUT2D eigenvalue weighted by Gasteiger charge is 2.44. The normalized spacial score (nSPS) is 21.4. The summed E-state index contributed by atoms with van der Waals surface area (Å²) in [7, 11) is 1.62. The van der Waals surface area contributed by atoms with Crippen LogP contribution in [0.3, 0.4) is 0 Å². The van der Waals surface area contributed by atoms with Crippen molar-refractivity contribution in [3.63, 3.8) is 0 Å². The van der Waals surface area contributed by atoms with Gasteiger partial charge < -0.3 is 15.2 Å². The van der Waals surface area contributed by atoms with Gasteiger partial charge in [0.25, 0.3) is 0 Å². The van der Waals surface area contributed by atoms with Crippen molar-refractivity contribution in [2.75, 3.05) is 13.7 Å². The summed E-state index contributed by atoms with van der Waals surface area (Å²) in [6.07, 6.45) is 2.74. The Morgan fingerprint density at radius 1 is 1.38 bits per heavy atom. The molecule has 3 rings (SSSR count). The zero-order valence-electron chi connectivity index (χ0n) is 9.32. The molecule has 0 radical (unpaired) electrons. The zero-order chi connectivity index (χ0) is 11.2. The topological polar surface area (TPSA) is 70.3 Å². The van der Waals surface area contributed by atoms with Crippen LogP contribution in [0.1, 0.15) is 29.9 Å². The second kappa shape index (κ2) is 3.40. The van der Waals surface area contributed by atoms with Gasteiger partial charge in [-0.25, -0.2) is 4.98 Å². The molecular weight excluding hydrogens is 206 g/mol. The second-order valence-electron chi connectivity index (χ2n) is 4.44. The van der Waals surface area contributed by atoms with Gasteiger partial charge in [0.2, 0.25) is 5.88 Å². The van der Waals surface area contributed by atoms with E-state index in [0.717, 1.165) is 36.3 Å². The summed E-state index contributed by atoms with van der Waals surface area (Å²) >= 11 is 0. The van der Waals surface area contributed by atoms with E-state index in [2.05, 4.69) is 9.97 Å². The van der Waals surface area contributed by atoms with E-state index >= 15 is 0 Å². The van der Waals surface area contributed by atoms with Crippen molar-refractivity contribution in [2.24, 2.45) is 5.73 Å². The Balaban J connectivity index is 2.09. The van der Waals surface area contributed by atoms with Gasteiger partial charge in [0, 0.05) is 6.42 Å². The van der Waals surface area contributed by atoms with E-state index in [1.165, 1.54) is 0 Å². The Morgan fingerprint density at radius 2 is 2.19 bits per heavy atom. The van der Waals surface area contributed by atoms with Gasteiger partial charge >= 0.3 is 0 Å². The first-order chi connectivity index (χ1) is 7.73. The van der Waals surface area contributed by atoms with Crippen molar-refractivity contribution < 1.29 is 9.47 Å². The molecule has 2 heterocycles. The van der Waals surface area contributed by atoms with Gasteiger partial charge in [0.05, 0.1) is 37.1 Å². The predicted molar refractivity (Wildman–Crippen MR) is 57.0 cm³/mol. The van der Waals surface area contributed by atoms with Gasteiger partial charge in [-0.15, -0.1) is 0 Å². The average molecular weight is 221 g/mol. The van der Waals surface area contributed by atoms with E-state index in [0.29, 0.717) is 19.1 Å². The van der Waals surface area contributed by atoms with E-state index in [9.17, 15) is 0 Å². The van der Waals surface area contributed by atoms with Crippen molar-refractivity contribution in [2.45, 2.75) is 31.4 Å². The summed E-state index contributed by atoms with van der Waals surface area (Å²) in [4.78, 5) is 8.96. The van der Waals surface area contributed by atoms with Gasteiger partial charge in [-0.05, 0) is 12.8 Å². The molecule has 16 heavy (non-hydrogen) atoms. The number of rotatable bonds is 2. The number of hydrogen-bond donors (Lipinski definition) is 1. The van der Waals surface area contributed by atoms with Crippen molar-refractivity contribution in [3.05, 3.63) is 17.1 Å². The van der Waals surface area contributed by atoms with Crippen LogP contribution in [-0.4, -0.2) is 23.7 Å². The predicted octanol–water partition coefficient (Wildman–Crippen LogP) is 0.506. The first-order valence-electron chi connectivity index (χ1n) is 5.54. The molecule has 1 aromatic rings. The van der Waals surface area contributed by atoms with E-state index in [1.54, 1.807) is 7.11 Å². The summed E-state index contributed by atoms with van der Waals surface area (Å²) in [5.74, 6) is 1.35. The quantitative estimate of drug-likeness (QED) is 0.787. The molecule has 5 nitrogen and oxygen atoms in total. The minimum atomic E-state index is -0.305. The van der Waals surface area contributed by atoms with E-state index in [1.807, 2.05) is 0 Å². The second-order valence-corrected chi connectivity index (χ2v) is 4.44. The summed E-state index contributed by atoms with van der Waals surface area (Å²) in [5, 5.41) is 0. The fraction of sp³-hybridized carbons (Fsp3) is 0.636. The maximum Gasteiger partial charge on any atom is 0.222 e. The van der Waals surface area contributed by atoms with Crippen LogP contribution in [0.4, 0.5) is 0 Å². The summed E-state index contributed by atoms with van der Waals surface area (Å²) in [6.45, 7) is 1.25. The van der Waals surface area contributed by atoms with Crippen LogP contribution in [0.15, 0.2) is 0 Å². The minimum absolute atomic E-state index is 0.305. The lowest BCUT2D eigenvalue weighted by molar-refractivity contribution is 0.105. The Hall–Kier alpha value is -1.20. The van der Waals surface area contributed by atoms with E-state index < -0.39 is 0 Å².